The Morgan fingerprint density at radius 1 is 1.24 bits per heavy atom. The van der Waals surface area contributed by atoms with E-state index in [2.05, 4.69) is 53.0 Å². The van der Waals surface area contributed by atoms with Gasteiger partial charge in [0, 0.05) is 43.0 Å². The molecule has 1 amide bonds. The summed E-state index contributed by atoms with van der Waals surface area (Å²) in [5.41, 5.74) is 2.07. The summed E-state index contributed by atoms with van der Waals surface area (Å²) in [6, 6.07) is 12.0. The van der Waals surface area contributed by atoms with E-state index in [1.807, 2.05) is 16.7 Å². The molecule has 0 radical (unpaired) electrons. The quantitative estimate of drug-likeness (QED) is 0.165. The Morgan fingerprint density at radius 3 is 2.56 bits per heavy atom. The van der Waals surface area contributed by atoms with Crippen LogP contribution in [-0.2, 0) is 11.3 Å². The van der Waals surface area contributed by atoms with Crippen LogP contribution in [0, 0.1) is 10.1 Å². The number of anilines is 2. The number of thioether (sulfide) groups is 1. The minimum Gasteiger partial charge on any atom is -0.372 e. The van der Waals surface area contributed by atoms with Gasteiger partial charge in [-0.25, -0.2) is 0 Å². The van der Waals surface area contributed by atoms with Crippen LogP contribution in [0.2, 0.25) is 5.02 Å². The number of carbonyl (C=O) groups is 1. The predicted octanol–water partition coefficient (Wildman–Crippen LogP) is 5.27. The van der Waals surface area contributed by atoms with Gasteiger partial charge in [-0.1, -0.05) is 29.4 Å². The van der Waals surface area contributed by atoms with E-state index >= 15 is 0 Å². The second-order valence-corrected chi connectivity index (χ2v) is 8.53. The second kappa shape index (κ2) is 11.7. The third-order valence-corrected chi connectivity index (χ3v) is 6.35. The minimum absolute atomic E-state index is 0.0230. The highest BCUT2D eigenvalue weighted by Gasteiger charge is 2.17. The number of nitrogens with one attached hydrogen (secondary N) is 1. The van der Waals surface area contributed by atoms with Crippen molar-refractivity contribution < 1.29 is 9.72 Å². The average molecular weight is 501 g/mol. The van der Waals surface area contributed by atoms with E-state index in [1.165, 1.54) is 30.0 Å². The van der Waals surface area contributed by atoms with Crippen LogP contribution in [0.3, 0.4) is 0 Å². The van der Waals surface area contributed by atoms with Gasteiger partial charge in [-0.15, -0.1) is 16.8 Å². The number of aromatic nitrogens is 3. The third kappa shape index (κ3) is 5.95. The van der Waals surface area contributed by atoms with E-state index in [4.69, 9.17) is 11.6 Å². The maximum atomic E-state index is 12.5. The van der Waals surface area contributed by atoms with E-state index in [0.29, 0.717) is 17.5 Å². The lowest BCUT2D eigenvalue weighted by molar-refractivity contribution is -0.384. The maximum Gasteiger partial charge on any atom is 0.271 e. The van der Waals surface area contributed by atoms with Gasteiger partial charge in [-0.2, -0.15) is 0 Å². The number of allylic oxidation sites excluding steroid dienone is 1. The number of hydrogen-bond donors (Lipinski definition) is 1. The molecule has 2 aromatic carbocycles. The number of benzene rings is 2. The van der Waals surface area contributed by atoms with Gasteiger partial charge in [-0.05, 0) is 44.2 Å². The predicted molar refractivity (Wildman–Crippen MR) is 137 cm³/mol. The van der Waals surface area contributed by atoms with Gasteiger partial charge >= 0.3 is 0 Å². The molecule has 1 aromatic heterocycles. The number of halogens is 1. The number of carbonyl (C=O) groups excluding carboxylic acids is 1. The van der Waals surface area contributed by atoms with Crippen LogP contribution in [0.5, 0.6) is 0 Å². The second-order valence-electron chi connectivity index (χ2n) is 7.18. The lowest BCUT2D eigenvalue weighted by Gasteiger charge is -2.21. The highest BCUT2D eigenvalue weighted by atomic mass is 35.5. The number of non-ortho nitro benzene ring substituents is 1. The topological polar surface area (TPSA) is 106 Å². The molecule has 178 valence electrons. The molecule has 0 atom stereocenters. The fraction of sp³-hybridized carbons (Fsp3) is 0.261. The van der Waals surface area contributed by atoms with Crippen LogP contribution in [0.15, 0.2) is 60.3 Å². The molecule has 1 heterocycles. The SMILES string of the molecule is C=CCn1c(SCC(=O)Nc2cc([N+](=O)[O-])ccc2Cl)nnc1-c1ccc(N(CC)CC)cc1. The van der Waals surface area contributed by atoms with Crippen molar-refractivity contribution in [2.24, 2.45) is 0 Å². The van der Waals surface area contributed by atoms with Crippen molar-refractivity contribution in [3.05, 3.63) is 70.3 Å². The first kappa shape index (κ1) is 25.3. The summed E-state index contributed by atoms with van der Waals surface area (Å²) in [6.45, 7) is 10.4. The van der Waals surface area contributed by atoms with Crippen molar-refractivity contribution in [1.29, 1.82) is 0 Å². The summed E-state index contributed by atoms with van der Waals surface area (Å²) in [5, 5.41) is 23.0. The lowest BCUT2D eigenvalue weighted by Crippen LogP contribution is -2.21. The molecule has 0 aliphatic carbocycles. The normalized spacial score (nSPS) is 10.7. The molecule has 0 saturated heterocycles. The summed E-state index contributed by atoms with van der Waals surface area (Å²) < 4.78 is 1.89. The van der Waals surface area contributed by atoms with Crippen LogP contribution < -0.4 is 10.2 Å². The van der Waals surface area contributed by atoms with Crippen LogP contribution >= 0.6 is 23.4 Å². The molecule has 11 heteroatoms. The molecule has 34 heavy (non-hydrogen) atoms. The zero-order valence-electron chi connectivity index (χ0n) is 18.9. The van der Waals surface area contributed by atoms with Gasteiger partial charge in [0.25, 0.3) is 5.69 Å². The third-order valence-electron chi connectivity index (χ3n) is 5.05. The number of nitro groups is 1. The highest BCUT2D eigenvalue weighted by molar-refractivity contribution is 7.99. The van der Waals surface area contributed by atoms with Gasteiger partial charge in [0.1, 0.15) is 0 Å². The first-order valence-electron chi connectivity index (χ1n) is 10.6. The summed E-state index contributed by atoms with van der Waals surface area (Å²) in [6.07, 6.45) is 1.74. The summed E-state index contributed by atoms with van der Waals surface area (Å²) in [7, 11) is 0. The summed E-state index contributed by atoms with van der Waals surface area (Å²) in [4.78, 5) is 25.2. The highest BCUT2D eigenvalue weighted by Crippen LogP contribution is 2.28. The van der Waals surface area contributed by atoms with Gasteiger partial charge in [0.05, 0.1) is 21.4 Å². The van der Waals surface area contributed by atoms with E-state index in [9.17, 15) is 14.9 Å². The zero-order valence-corrected chi connectivity index (χ0v) is 20.5. The molecule has 1 N–H and O–H groups in total. The first-order valence-corrected chi connectivity index (χ1v) is 12.0. The van der Waals surface area contributed by atoms with E-state index in [1.54, 1.807) is 6.08 Å². The van der Waals surface area contributed by atoms with Crippen molar-refractivity contribution in [3.8, 4) is 11.4 Å². The Labute approximate surface area is 207 Å². The van der Waals surface area contributed by atoms with Crippen molar-refractivity contribution >= 4 is 46.3 Å². The fourth-order valence-corrected chi connectivity index (χ4v) is 4.26. The molecule has 0 bridgehead atoms. The maximum absolute atomic E-state index is 12.5. The summed E-state index contributed by atoms with van der Waals surface area (Å²) in [5.74, 6) is 0.330. The number of nitro benzene ring substituents is 1. The monoisotopic (exact) mass is 500 g/mol. The molecule has 0 aliphatic rings. The van der Waals surface area contributed by atoms with Crippen molar-refractivity contribution in [2.45, 2.75) is 25.5 Å². The van der Waals surface area contributed by atoms with Gasteiger partial charge in [-0.3, -0.25) is 19.5 Å². The van der Waals surface area contributed by atoms with Gasteiger partial charge in [0.2, 0.25) is 5.91 Å². The average Bonchev–Trinajstić information content (AvgIpc) is 3.23. The Kier molecular flexibility index (Phi) is 8.67. The molecule has 0 aliphatic heterocycles. The number of rotatable bonds is 11. The molecule has 0 spiro atoms. The van der Waals surface area contributed by atoms with E-state index < -0.39 is 4.92 Å². The first-order chi connectivity index (χ1) is 16.4. The van der Waals surface area contributed by atoms with Crippen molar-refractivity contribution in [2.75, 3.05) is 29.1 Å². The van der Waals surface area contributed by atoms with Gasteiger partial charge < -0.3 is 10.2 Å². The van der Waals surface area contributed by atoms with Crippen LogP contribution in [-0.4, -0.2) is 44.4 Å². The van der Waals surface area contributed by atoms with Crippen molar-refractivity contribution in [1.82, 2.24) is 14.8 Å². The molecule has 3 aromatic rings. The van der Waals surface area contributed by atoms with Crippen molar-refractivity contribution in [3.63, 3.8) is 0 Å². The van der Waals surface area contributed by atoms with E-state index in [0.717, 1.165) is 24.3 Å². The Bertz CT molecular complexity index is 1180. The van der Waals surface area contributed by atoms with Crippen LogP contribution in [0.1, 0.15) is 13.8 Å². The molecular formula is C23H25ClN6O3S. The lowest BCUT2D eigenvalue weighted by atomic mass is 10.2. The van der Waals surface area contributed by atoms with Gasteiger partial charge in [0.15, 0.2) is 11.0 Å². The molecule has 0 fully saturated rings. The summed E-state index contributed by atoms with van der Waals surface area (Å²) >= 11 is 7.27. The van der Waals surface area contributed by atoms with Crippen LogP contribution in [0.25, 0.3) is 11.4 Å². The molecule has 0 saturated carbocycles. The zero-order chi connectivity index (χ0) is 24.7. The molecule has 9 nitrogen and oxygen atoms in total. The minimum atomic E-state index is -0.547. The number of amides is 1. The van der Waals surface area contributed by atoms with Crippen LogP contribution in [0.4, 0.5) is 17.1 Å². The smallest absolute Gasteiger partial charge is 0.271 e. The Balaban J connectivity index is 1.74. The molecule has 0 unspecified atom stereocenters. The molecular weight excluding hydrogens is 476 g/mol. The molecule has 3 rings (SSSR count). The Morgan fingerprint density at radius 2 is 1.94 bits per heavy atom. The largest absolute Gasteiger partial charge is 0.372 e. The van der Waals surface area contributed by atoms with E-state index in [-0.39, 0.29) is 28.1 Å². The standard InChI is InChI=1S/C23H25ClN6O3S/c1-4-13-29-22(16-7-9-17(10-8-16)28(5-2)6-3)26-27-23(29)34-15-21(31)25-20-14-18(30(32)33)11-12-19(20)24/h4,7-12,14H,1,5-6,13,15H2,2-3H3,(H,25,31). The Hall–Kier alpha value is -3.37. The fourth-order valence-electron chi connectivity index (χ4n) is 3.35. The number of nitrogens with zero attached hydrogens (tertiary/aromatic N) is 5. The number of hydrogen-bond acceptors (Lipinski definition) is 7.